The van der Waals surface area contributed by atoms with Crippen LogP contribution in [0.4, 0.5) is 0 Å². The fourth-order valence-corrected chi connectivity index (χ4v) is 4.90. The summed E-state index contributed by atoms with van der Waals surface area (Å²) in [6.07, 6.45) is 1.98. The zero-order chi connectivity index (χ0) is 22.1. The summed E-state index contributed by atoms with van der Waals surface area (Å²) in [4.78, 5) is 35.1. The molecule has 0 atom stereocenters. The van der Waals surface area contributed by atoms with E-state index in [2.05, 4.69) is 0 Å². The standard InChI is InChI=1S/C20H23N3O6S/c1-13(24)14-3-5-16(6-4-14)29-20(26)15-7-9-23(10-8-15)30(27,28)17-11-18(19(21)25)22(2)12-17/h3-6,11-12,15H,7-10H2,1-2H3,(H2,21,25). The van der Waals surface area contributed by atoms with Crippen LogP contribution in [0.2, 0.25) is 0 Å². The molecule has 30 heavy (non-hydrogen) atoms. The topological polar surface area (TPSA) is 129 Å². The molecule has 10 heteroatoms. The van der Waals surface area contributed by atoms with E-state index in [1.165, 1.54) is 28.1 Å². The lowest BCUT2D eigenvalue weighted by Crippen LogP contribution is -2.41. The lowest BCUT2D eigenvalue weighted by atomic mass is 9.98. The van der Waals surface area contributed by atoms with Crippen LogP contribution in [-0.2, 0) is 21.9 Å². The number of amides is 1. The Kier molecular flexibility index (Phi) is 6.09. The number of piperidine rings is 1. The third kappa shape index (κ3) is 4.44. The van der Waals surface area contributed by atoms with E-state index in [-0.39, 0.29) is 29.5 Å². The quantitative estimate of drug-likeness (QED) is 0.416. The van der Waals surface area contributed by atoms with E-state index < -0.39 is 27.8 Å². The molecular formula is C20H23N3O6S. The number of primary amides is 1. The van der Waals surface area contributed by atoms with Crippen molar-refractivity contribution in [2.45, 2.75) is 24.7 Å². The summed E-state index contributed by atoms with van der Waals surface area (Å²) >= 11 is 0. The highest BCUT2D eigenvalue weighted by Gasteiger charge is 2.34. The number of hydrogen-bond acceptors (Lipinski definition) is 6. The number of carbonyl (C=O) groups is 3. The maximum atomic E-state index is 12.8. The van der Waals surface area contributed by atoms with Crippen LogP contribution in [0.25, 0.3) is 0 Å². The van der Waals surface area contributed by atoms with Crippen LogP contribution >= 0.6 is 0 Å². The van der Waals surface area contributed by atoms with Gasteiger partial charge in [-0.1, -0.05) is 0 Å². The molecule has 0 spiro atoms. The summed E-state index contributed by atoms with van der Waals surface area (Å²) in [5.74, 6) is -1.32. The minimum atomic E-state index is -3.80. The molecule has 2 N–H and O–H groups in total. The number of carbonyl (C=O) groups excluding carboxylic acids is 3. The summed E-state index contributed by atoms with van der Waals surface area (Å²) in [6, 6.07) is 7.53. The Morgan fingerprint density at radius 1 is 1.10 bits per heavy atom. The SMILES string of the molecule is CC(=O)c1ccc(OC(=O)C2CCN(S(=O)(=O)c3cc(C(N)=O)n(C)c3)CC2)cc1. The maximum Gasteiger partial charge on any atom is 0.314 e. The largest absolute Gasteiger partial charge is 0.426 e. The Morgan fingerprint density at radius 2 is 1.70 bits per heavy atom. The summed E-state index contributed by atoms with van der Waals surface area (Å²) in [7, 11) is -2.25. The van der Waals surface area contributed by atoms with Crippen LogP contribution in [0, 0.1) is 5.92 Å². The second kappa shape index (κ2) is 8.41. The number of Topliss-reactive ketones (excluding diaryl/α,β-unsaturated/α-hetero) is 1. The van der Waals surface area contributed by atoms with Gasteiger partial charge in [0, 0.05) is 31.9 Å². The molecule has 9 nitrogen and oxygen atoms in total. The Morgan fingerprint density at radius 3 is 2.20 bits per heavy atom. The van der Waals surface area contributed by atoms with E-state index in [1.54, 1.807) is 31.3 Å². The smallest absolute Gasteiger partial charge is 0.314 e. The molecule has 0 aliphatic carbocycles. The first kappa shape index (κ1) is 21.7. The van der Waals surface area contributed by atoms with Crippen LogP contribution in [0.15, 0.2) is 41.4 Å². The van der Waals surface area contributed by atoms with Gasteiger partial charge in [0.2, 0.25) is 10.0 Å². The number of aryl methyl sites for hydroxylation is 1. The summed E-state index contributed by atoms with van der Waals surface area (Å²) in [5.41, 5.74) is 5.87. The molecule has 160 valence electrons. The average molecular weight is 433 g/mol. The van der Waals surface area contributed by atoms with Gasteiger partial charge in [0.1, 0.15) is 16.3 Å². The number of sulfonamides is 1. The Labute approximate surface area is 174 Å². The first-order valence-electron chi connectivity index (χ1n) is 9.38. The Hall–Kier alpha value is -2.98. The van der Waals surface area contributed by atoms with Gasteiger partial charge in [-0.05, 0) is 50.1 Å². The molecule has 2 aromatic rings. The maximum absolute atomic E-state index is 12.8. The zero-order valence-electron chi connectivity index (χ0n) is 16.7. The van der Waals surface area contributed by atoms with Crippen molar-refractivity contribution in [1.82, 2.24) is 8.87 Å². The molecule has 1 fully saturated rings. The van der Waals surface area contributed by atoms with Gasteiger partial charge < -0.3 is 15.0 Å². The van der Waals surface area contributed by atoms with Crippen molar-refractivity contribution in [3.8, 4) is 5.75 Å². The number of esters is 1. The second-order valence-corrected chi connectivity index (χ2v) is 9.15. The van der Waals surface area contributed by atoms with Gasteiger partial charge in [-0.15, -0.1) is 0 Å². The fourth-order valence-electron chi connectivity index (χ4n) is 3.36. The van der Waals surface area contributed by atoms with E-state index in [4.69, 9.17) is 10.5 Å². The lowest BCUT2D eigenvalue weighted by molar-refractivity contribution is -0.140. The van der Waals surface area contributed by atoms with Crippen LogP contribution in [0.5, 0.6) is 5.75 Å². The fraction of sp³-hybridized carbons (Fsp3) is 0.350. The molecule has 0 unspecified atom stereocenters. The summed E-state index contributed by atoms with van der Waals surface area (Å²) < 4.78 is 33.7. The molecular weight excluding hydrogens is 410 g/mol. The normalized spacial score (nSPS) is 15.7. The molecule has 1 aromatic heterocycles. The summed E-state index contributed by atoms with van der Waals surface area (Å²) in [6.45, 7) is 1.77. The molecule has 0 radical (unpaired) electrons. The average Bonchev–Trinajstić information content (AvgIpc) is 3.11. The van der Waals surface area contributed by atoms with Crippen LogP contribution in [-0.4, -0.2) is 48.0 Å². The Bertz CT molecular complexity index is 1080. The van der Waals surface area contributed by atoms with Crippen LogP contribution < -0.4 is 10.5 Å². The van der Waals surface area contributed by atoms with Crippen molar-refractivity contribution in [3.05, 3.63) is 47.8 Å². The van der Waals surface area contributed by atoms with E-state index in [0.29, 0.717) is 24.2 Å². The van der Waals surface area contributed by atoms with Gasteiger partial charge in [0.05, 0.1) is 5.92 Å². The number of ketones is 1. The van der Waals surface area contributed by atoms with Gasteiger partial charge in [-0.25, -0.2) is 8.42 Å². The second-order valence-electron chi connectivity index (χ2n) is 7.22. The molecule has 1 amide bonds. The molecule has 3 rings (SSSR count). The van der Waals surface area contributed by atoms with Crippen LogP contribution in [0.3, 0.4) is 0 Å². The minimum Gasteiger partial charge on any atom is -0.426 e. The van der Waals surface area contributed by atoms with E-state index in [1.807, 2.05) is 0 Å². The van der Waals surface area contributed by atoms with E-state index >= 15 is 0 Å². The molecule has 0 saturated carbocycles. The number of nitrogens with two attached hydrogens (primary N) is 1. The highest BCUT2D eigenvalue weighted by molar-refractivity contribution is 7.89. The minimum absolute atomic E-state index is 0.00890. The first-order chi connectivity index (χ1) is 14.1. The Balaban J connectivity index is 1.62. The van der Waals surface area contributed by atoms with Gasteiger partial charge in [0.15, 0.2) is 5.78 Å². The number of benzene rings is 1. The van der Waals surface area contributed by atoms with Gasteiger partial charge >= 0.3 is 5.97 Å². The van der Waals surface area contributed by atoms with Crippen molar-refractivity contribution in [2.24, 2.45) is 18.7 Å². The molecule has 1 aliphatic rings. The summed E-state index contributed by atoms with van der Waals surface area (Å²) in [5, 5.41) is 0. The first-order valence-corrected chi connectivity index (χ1v) is 10.8. The predicted octanol–water partition coefficient (Wildman–Crippen LogP) is 1.33. The van der Waals surface area contributed by atoms with Crippen molar-refractivity contribution >= 4 is 27.7 Å². The number of rotatable bonds is 6. The monoisotopic (exact) mass is 433 g/mol. The third-order valence-electron chi connectivity index (χ3n) is 5.14. The van der Waals surface area contributed by atoms with Crippen LogP contribution in [0.1, 0.15) is 40.6 Å². The highest BCUT2D eigenvalue weighted by Crippen LogP contribution is 2.26. The zero-order valence-corrected chi connectivity index (χ0v) is 17.5. The lowest BCUT2D eigenvalue weighted by Gasteiger charge is -2.29. The number of nitrogens with zero attached hydrogens (tertiary/aromatic N) is 2. The van der Waals surface area contributed by atoms with Crippen molar-refractivity contribution in [3.63, 3.8) is 0 Å². The van der Waals surface area contributed by atoms with Crippen molar-refractivity contribution < 1.29 is 27.5 Å². The molecule has 1 aromatic carbocycles. The number of ether oxygens (including phenoxy) is 1. The molecule has 1 aliphatic heterocycles. The van der Waals surface area contributed by atoms with Gasteiger partial charge in [-0.3, -0.25) is 14.4 Å². The third-order valence-corrected chi connectivity index (χ3v) is 7.00. The van der Waals surface area contributed by atoms with Gasteiger partial charge in [0.25, 0.3) is 5.91 Å². The number of aromatic nitrogens is 1. The van der Waals surface area contributed by atoms with Crippen molar-refractivity contribution in [1.29, 1.82) is 0 Å². The molecule has 2 heterocycles. The predicted molar refractivity (Wildman–Crippen MR) is 107 cm³/mol. The van der Waals surface area contributed by atoms with E-state index in [0.717, 1.165) is 0 Å². The molecule has 1 saturated heterocycles. The molecule has 0 bridgehead atoms. The van der Waals surface area contributed by atoms with E-state index in [9.17, 15) is 22.8 Å². The highest BCUT2D eigenvalue weighted by atomic mass is 32.2. The van der Waals surface area contributed by atoms with Gasteiger partial charge in [-0.2, -0.15) is 4.31 Å². The van der Waals surface area contributed by atoms with Crippen molar-refractivity contribution in [2.75, 3.05) is 13.1 Å². The number of hydrogen-bond donors (Lipinski definition) is 1.